The molecule has 13 heavy (non-hydrogen) atoms. The van der Waals surface area contributed by atoms with Crippen LogP contribution in [0.4, 0.5) is 0 Å². The molecular formula is C9H14N2OS. The van der Waals surface area contributed by atoms with Gasteiger partial charge in [-0.05, 0) is 26.0 Å². The number of rotatable bonds is 3. The van der Waals surface area contributed by atoms with Gasteiger partial charge in [-0.15, -0.1) is 11.3 Å². The van der Waals surface area contributed by atoms with Crippen LogP contribution in [0.2, 0.25) is 0 Å². The zero-order valence-electron chi connectivity index (χ0n) is 7.83. The van der Waals surface area contributed by atoms with Crippen LogP contribution in [0.3, 0.4) is 0 Å². The van der Waals surface area contributed by atoms with E-state index in [1.165, 1.54) is 11.3 Å². The second-order valence-corrected chi connectivity index (χ2v) is 4.31. The highest BCUT2D eigenvalue weighted by Gasteiger charge is 2.09. The minimum Gasteiger partial charge on any atom is -0.348 e. The summed E-state index contributed by atoms with van der Waals surface area (Å²) in [7, 11) is 0. The molecule has 1 rings (SSSR count). The lowest BCUT2D eigenvalue weighted by atomic mass is 10.3. The summed E-state index contributed by atoms with van der Waals surface area (Å²) in [6, 6.07) is 3.81. The fourth-order valence-electron chi connectivity index (χ4n) is 0.910. The fraction of sp³-hybridized carbons (Fsp3) is 0.444. The molecule has 0 spiro atoms. The van der Waals surface area contributed by atoms with Crippen LogP contribution in [-0.4, -0.2) is 18.5 Å². The first-order chi connectivity index (χ1) is 6.13. The van der Waals surface area contributed by atoms with Gasteiger partial charge in [0, 0.05) is 17.5 Å². The van der Waals surface area contributed by atoms with E-state index in [1.807, 2.05) is 26.0 Å². The molecule has 0 saturated carbocycles. The maximum atomic E-state index is 11.5. The van der Waals surface area contributed by atoms with Crippen LogP contribution in [0.15, 0.2) is 12.1 Å². The van der Waals surface area contributed by atoms with Gasteiger partial charge in [0.2, 0.25) is 0 Å². The lowest BCUT2D eigenvalue weighted by molar-refractivity contribution is 0.0945. The third-order valence-electron chi connectivity index (χ3n) is 1.70. The van der Waals surface area contributed by atoms with E-state index < -0.39 is 0 Å². The molecule has 0 saturated heterocycles. The molecule has 1 aromatic rings. The smallest absolute Gasteiger partial charge is 0.261 e. The monoisotopic (exact) mass is 198 g/mol. The van der Waals surface area contributed by atoms with E-state index in [0.29, 0.717) is 6.54 Å². The highest BCUT2D eigenvalue weighted by Crippen LogP contribution is 2.14. The van der Waals surface area contributed by atoms with Crippen molar-refractivity contribution >= 4 is 17.2 Å². The molecule has 72 valence electrons. The maximum Gasteiger partial charge on any atom is 0.261 e. The van der Waals surface area contributed by atoms with E-state index in [4.69, 9.17) is 5.73 Å². The summed E-state index contributed by atoms with van der Waals surface area (Å²) in [5.41, 5.74) is 5.39. The summed E-state index contributed by atoms with van der Waals surface area (Å²) >= 11 is 1.50. The molecule has 0 aromatic carbocycles. The number of thiophene rings is 1. The molecule has 0 fully saturated rings. The van der Waals surface area contributed by atoms with Crippen molar-refractivity contribution < 1.29 is 4.79 Å². The molecule has 0 aliphatic rings. The van der Waals surface area contributed by atoms with Gasteiger partial charge in [-0.1, -0.05) is 0 Å². The van der Waals surface area contributed by atoms with Crippen molar-refractivity contribution in [1.82, 2.24) is 5.32 Å². The van der Waals surface area contributed by atoms with Crippen LogP contribution in [0, 0.1) is 6.92 Å². The molecule has 3 nitrogen and oxygen atoms in total. The largest absolute Gasteiger partial charge is 0.348 e. The number of nitrogens with two attached hydrogens (primary N) is 1. The van der Waals surface area contributed by atoms with Crippen LogP contribution >= 0.6 is 11.3 Å². The third kappa shape index (κ3) is 2.82. The first-order valence-electron chi connectivity index (χ1n) is 4.21. The Morgan fingerprint density at radius 1 is 1.69 bits per heavy atom. The van der Waals surface area contributed by atoms with Crippen molar-refractivity contribution in [2.24, 2.45) is 5.73 Å². The molecular weight excluding hydrogens is 184 g/mol. The Morgan fingerprint density at radius 3 is 2.85 bits per heavy atom. The van der Waals surface area contributed by atoms with Gasteiger partial charge < -0.3 is 11.1 Å². The quantitative estimate of drug-likeness (QED) is 0.765. The van der Waals surface area contributed by atoms with Crippen molar-refractivity contribution in [3.05, 3.63) is 21.9 Å². The van der Waals surface area contributed by atoms with Crippen molar-refractivity contribution in [3.8, 4) is 0 Å². The van der Waals surface area contributed by atoms with Crippen molar-refractivity contribution in [3.63, 3.8) is 0 Å². The van der Waals surface area contributed by atoms with Gasteiger partial charge >= 0.3 is 0 Å². The van der Waals surface area contributed by atoms with Gasteiger partial charge in [0.25, 0.3) is 5.91 Å². The minimum atomic E-state index is -0.0314. The SMILES string of the molecule is Cc1ccc(C(=O)NC(C)CN)s1. The number of nitrogens with one attached hydrogen (secondary N) is 1. The molecule has 0 aliphatic carbocycles. The Labute approximate surface area is 81.9 Å². The molecule has 0 bridgehead atoms. The van der Waals surface area contributed by atoms with E-state index in [0.717, 1.165) is 9.75 Å². The number of carbonyl (C=O) groups excluding carboxylic acids is 1. The lowest BCUT2D eigenvalue weighted by Crippen LogP contribution is -2.37. The summed E-state index contributed by atoms with van der Waals surface area (Å²) in [5.74, 6) is -0.0314. The number of hydrogen-bond donors (Lipinski definition) is 2. The average molecular weight is 198 g/mol. The zero-order chi connectivity index (χ0) is 9.84. The number of amides is 1. The highest BCUT2D eigenvalue weighted by atomic mass is 32.1. The Kier molecular flexibility index (Phi) is 3.45. The average Bonchev–Trinajstić information content (AvgIpc) is 2.51. The Bertz CT molecular complexity index is 296. The topological polar surface area (TPSA) is 55.1 Å². The molecule has 1 heterocycles. The van der Waals surface area contributed by atoms with Gasteiger partial charge in [-0.2, -0.15) is 0 Å². The number of carbonyl (C=O) groups is 1. The van der Waals surface area contributed by atoms with Gasteiger partial charge in [0.05, 0.1) is 4.88 Å². The van der Waals surface area contributed by atoms with Crippen LogP contribution < -0.4 is 11.1 Å². The summed E-state index contributed by atoms with van der Waals surface area (Å²) in [6.45, 7) is 4.34. The molecule has 1 atom stereocenters. The Hall–Kier alpha value is -0.870. The van der Waals surface area contributed by atoms with Crippen LogP contribution in [0.25, 0.3) is 0 Å². The number of hydrogen-bond acceptors (Lipinski definition) is 3. The first-order valence-corrected chi connectivity index (χ1v) is 5.02. The van der Waals surface area contributed by atoms with Gasteiger partial charge in [0.15, 0.2) is 0 Å². The lowest BCUT2D eigenvalue weighted by Gasteiger charge is -2.09. The highest BCUT2D eigenvalue weighted by molar-refractivity contribution is 7.13. The summed E-state index contributed by atoms with van der Waals surface area (Å²) in [5, 5.41) is 2.81. The Morgan fingerprint density at radius 2 is 2.38 bits per heavy atom. The van der Waals surface area contributed by atoms with Crippen LogP contribution in [0.1, 0.15) is 21.5 Å². The fourth-order valence-corrected chi connectivity index (χ4v) is 1.68. The van der Waals surface area contributed by atoms with Crippen molar-refractivity contribution in [1.29, 1.82) is 0 Å². The standard InChI is InChI=1S/C9H14N2OS/c1-6(5-10)11-9(12)8-4-3-7(2)13-8/h3-4,6H,5,10H2,1-2H3,(H,11,12). The molecule has 1 amide bonds. The van der Waals surface area contributed by atoms with E-state index >= 15 is 0 Å². The predicted octanol–water partition coefficient (Wildman–Crippen LogP) is 1.13. The van der Waals surface area contributed by atoms with E-state index in [9.17, 15) is 4.79 Å². The van der Waals surface area contributed by atoms with E-state index in [2.05, 4.69) is 5.32 Å². The summed E-state index contributed by atoms with van der Waals surface area (Å²) in [6.07, 6.45) is 0. The summed E-state index contributed by atoms with van der Waals surface area (Å²) < 4.78 is 0. The van der Waals surface area contributed by atoms with E-state index in [-0.39, 0.29) is 11.9 Å². The molecule has 1 unspecified atom stereocenters. The zero-order valence-corrected chi connectivity index (χ0v) is 8.65. The summed E-state index contributed by atoms with van der Waals surface area (Å²) in [4.78, 5) is 13.4. The van der Waals surface area contributed by atoms with Crippen molar-refractivity contribution in [2.75, 3.05) is 6.54 Å². The number of aryl methyl sites for hydroxylation is 1. The van der Waals surface area contributed by atoms with E-state index in [1.54, 1.807) is 0 Å². The Balaban J connectivity index is 2.58. The second kappa shape index (κ2) is 4.39. The van der Waals surface area contributed by atoms with Gasteiger partial charge in [-0.25, -0.2) is 0 Å². The van der Waals surface area contributed by atoms with Crippen molar-refractivity contribution in [2.45, 2.75) is 19.9 Å². The second-order valence-electron chi connectivity index (χ2n) is 3.02. The first kappa shape index (κ1) is 10.2. The van der Waals surface area contributed by atoms with Crippen LogP contribution in [0.5, 0.6) is 0 Å². The molecule has 3 N–H and O–H groups in total. The maximum absolute atomic E-state index is 11.5. The molecule has 0 aliphatic heterocycles. The van der Waals surface area contributed by atoms with Crippen LogP contribution in [-0.2, 0) is 0 Å². The molecule has 1 aromatic heterocycles. The van der Waals surface area contributed by atoms with Gasteiger partial charge in [0.1, 0.15) is 0 Å². The normalized spacial score (nSPS) is 12.5. The van der Waals surface area contributed by atoms with Gasteiger partial charge in [-0.3, -0.25) is 4.79 Å². The predicted molar refractivity (Wildman–Crippen MR) is 55.0 cm³/mol. The molecule has 4 heteroatoms. The minimum absolute atomic E-state index is 0.0314. The molecule has 0 radical (unpaired) electrons. The third-order valence-corrected chi connectivity index (χ3v) is 2.69.